The van der Waals surface area contributed by atoms with Gasteiger partial charge in [0.1, 0.15) is 6.10 Å². The number of aryl methyl sites for hydroxylation is 1. The number of fused-ring (bicyclic) bond motifs is 1. The van der Waals surface area contributed by atoms with E-state index in [1.807, 2.05) is 0 Å². The third-order valence-electron chi connectivity index (χ3n) is 8.44. The maximum Gasteiger partial charge on any atom is 0.306 e. The molecule has 0 N–H and O–H groups in total. The van der Waals surface area contributed by atoms with Gasteiger partial charge in [-0.25, -0.2) is 10.9 Å². The predicted octanol–water partition coefficient (Wildman–Crippen LogP) is 6.29. The average molecular weight is 423 g/mol. The normalized spacial score (nSPS) is 33.3. The first-order chi connectivity index (χ1) is 14.7. The molecule has 4 bridgehead atoms. The van der Waals surface area contributed by atoms with E-state index in [0.717, 1.165) is 18.3 Å². The lowest BCUT2D eigenvalue weighted by Gasteiger charge is -2.53. The number of carbonyl (C=O) groups excluding carboxylic acids is 1. The fourth-order valence-electron chi connectivity index (χ4n) is 7.31. The van der Waals surface area contributed by atoms with Crippen molar-refractivity contribution in [1.82, 2.24) is 0 Å². The van der Waals surface area contributed by atoms with E-state index in [2.05, 4.69) is 36.4 Å². The SMILES string of the molecule is O=C(CCc1ccc([SH]2CCCC2)c2ccccc12)OC1C2CC3CC(C2)CC1C3. The van der Waals surface area contributed by atoms with Gasteiger partial charge in [-0.3, -0.25) is 4.79 Å². The molecule has 7 rings (SSSR count). The van der Waals surface area contributed by atoms with E-state index in [-0.39, 0.29) is 23.0 Å². The third-order valence-corrected chi connectivity index (χ3v) is 11.2. The van der Waals surface area contributed by atoms with Crippen molar-refractivity contribution >= 4 is 27.6 Å². The van der Waals surface area contributed by atoms with Crippen molar-refractivity contribution in [2.45, 2.75) is 68.8 Å². The molecular weight excluding hydrogens is 388 g/mol. The van der Waals surface area contributed by atoms with Crippen molar-refractivity contribution in [3.63, 3.8) is 0 Å². The van der Waals surface area contributed by atoms with Crippen LogP contribution in [-0.4, -0.2) is 23.6 Å². The van der Waals surface area contributed by atoms with Gasteiger partial charge in [0.15, 0.2) is 0 Å². The first-order valence-corrected chi connectivity index (χ1v) is 13.9. The average Bonchev–Trinajstić information content (AvgIpc) is 3.28. The molecule has 0 aromatic heterocycles. The van der Waals surface area contributed by atoms with Crippen LogP contribution >= 0.6 is 10.9 Å². The van der Waals surface area contributed by atoms with Gasteiger partial charge in [-0.15, -0.1) is 0 Å². The molecule has 1 aliphatic heterocycles. The Morgan fingerprint density at radius 2 is 1.53 bits per heavy atom. The second-order valence-electron chi connectivity index (χ2n) is 10.4. The summed E-state index contributed by atoms with van der Waals surface area (Å²) in [5.74, 6) is 5.95. The van der Waals surface area contributed by atoms with E-state index in [1.54, 1.807) is 4.90 Å². The molecule has 1 heterocycles. The van der Waals surface area contributed by atoms with Gasteiger partial charge in [0.25, 0.3) is 0 Å². The number of carbonyl (C=O) groups is 1. The van der Waals surface area contributed by atoms with E-state index in [4.69, 9.17) is 4.74 Å². The van der Waals surface area contributed by atoms with Gasteiger partial charge < -0.3 is 4.74 Å². The molecule has 0 spiro atoms. The summed E-state index contributed by atoms with van der Waals surface area (Å²) in [5.41, 5.74) is 1.31. The van der Waals surface area contributed by atoms with Gasteiger partial charge in [-0.05, 0) is 114 Å². The number of thiol groups is 1. The summed E-state index contributed by atoms with van der Waals surface area (Å²) in [6.07, 6.45) is 11.0. The Morgan fingerprint density at radius 1 is 0.867 bits per heavy atom. The Morgan fingerprint density at radius 3 is 2.23 bits per heavy atom. The van der Waals surface area contributed by atoms with Gasteiger partial charge in [-0.1, -0.05) is 30.3 Å². The van der Waals surface area contributed by atoms with Crippen molar-refractivity contribution in [2.75, 3.05) is 11.5 Å². The first-order valence-electron chi connectivity index (χ1n) is 12.2. The Hall–Kier alpha value is -1.48. The van der Waals surface area contributed by atoms with Crippen LogP contribution in [0.15, 0.2) is 41.3 Å². The molecular formula is C27H34O2S. The Labute approximate surface area is 183 Å². The molecule has 5 fully saturated rings. The van der Waals surface area contributed by atoms with Gasteiger partial charge in [0, 0.05) is 6.42 Å². The number of hydrogen-bond acceptors (Lipinski definition) is 2. The monoisotopic (exact) mass is 422 g/mol. The zero-order chi connectivity index (χ0) is 20.1. The van der Waals surface area contributed by atoms with E-state index < -0.39 is 0 Å². The molecule has 0 atom stereocenters. The van der Waals surface area contributed by atoms with E-state index >= 15 is 0 Å². The number of esters is 1. The van der Waals surface area contributed by atoms with Gasteiger partial charge >= 0.3 is 5.97 Å². The van der Waals surface area contributed by atoms with Gasteiger partial charge in [0.05, 0.1) is 0 Å². The lowest BCUT2D eigenvalue weighted by Crippen LogP contribution is -2.50. The summed E-state index contributed by atoms with van der Waals surface area (Å²) >= 11 is 0. The molecule has 0 amide bonds. The molecule has 0 radical (unpaired) electrons. The maximum absolute atomic E-state index is 12.8. The topological polar surface area (TPSA) is 26.3 Å². The highest BCUT2D eigenvalue weighted by Gasteiger charge is 2.49. The summed E-state index contributed by atoms with van der Waals surface area (Å²) in [5, 5.41) is 2.78. The van der Waals surface area contributed by atoms with E-state index in [0.29, 0.717) is 18.3 Å². The minimum absolute atomic E-state index is 0.0165. The van der Waals surface area contributed by atoms with Crippen LogP contribution in [0.25, 0.3) is 10.8 Å². The summed E-state index contributed by atoms with van der Waals surface area (Å²) < 4.78 is 6.13. The standard InChI is InChI=1S/C27H34O2S/c28-26(29-27-21-14-18-13-19(16-21)17-22(27)15-18)10-8-20-7-9-25(30-11-3-4-12-30)24-6-2-1-5-23(20)24/h1-2,5-7,9,18-19,21-22,27,30H,3-4,8,10-17H2. The number of hydrogen-bond donors (Lipinski definition) is 1. The van der Waals surface area contributed by atoms with Crippen LogP contribution in [-0.2, 0) is 16.0 Å². The largest absolute Gasteiger partial charge is 0.462 e. The second kappa shape index (κ2) is 7.89. The molecule has 2 aromatic carbocycles. The van der Waals surface area contributed by atoms with Crippen molar-refractivity contribution < 1.29 is 9.53 Å². The predicted molar refractivity (Wildman–Crippen MR) is 125 cm³/mol. The highest BCUT2D eigenvalue weighted by atomic mass is 32.2. The molecule has 3 heteroatoms. The Kier molecular flexibility index (Phi) is 5.06. The number of benzene rings is 2. The minimum Gasteiger partial charge on any atom is -0.462 e. The smallest absolute Gasteiger partial charge is 0.306 e. The van der Waals surface area contributed by atoms with Crippen molar-refractivity contribution in [1.29, 1.82) is 0 Å². The number of rotatable bonds is 5. The highest BCUT2D eigenvalue weighted by molar-refractivity contribution is 8.17. The molecule has 1 saturated heterocycles. The van der Waals surface area contributed by atoms with Crippen molar-refractivity contribution in [3.05, 3.63) is 42.0 Å². The van der Waals surface area contributed by atoms with E-state index in [9.17, 15) is 4.79 Å². The molecule has 30 heavy (non-hydrogen) atoms. The van der Waals surface area contributed by atoms with Crippen LogP contribution in [0.4, 0.5) is 0 Å². The summed E-state index contributed by atoms with van der Waals surface area (Å²) in [4.78, 5) is 14.4. The highest BCUT2D eigenvalue weighted by Crippen LogP contribution is 2.54. The Balaban J connectivity index is 1.15. The molecule has 0 unspecified atom stereocenters. The molecule has 4 saturated carbocycles. The summed E-state index contributed by atoms with van der Waals surface area (Å²) in [6, 6.07) is 13.5. The minimum atomic E-state index is 0.0165. The van der Waals surface area contributed by atoms with Crippen LogP contribution in [0.3, 0.4) is 0 Å². The molecule has 5 aliphatic rings. The van der Waals surface area contributed by atoms with Crippen molar-refractivity contribution in [3.8, 4) is 0 Å². The van der Waals surface area contributed by atoms with E-state index in [1.165, 1.54) is 72.8 Å². The zero-order valence-corrected chi connectivity index (χ0v) is 18.8. The van der Waals surface area contributed by atoms with Gasteiger partial charge in [0.2, 0.25) is 0 Å². The van der Waals surface area contributed by atoms with Gasteiger partial charge in [-0.2, -0.15) is 0 Å². The zero-order valence-electron chi connectivity index (χ0n) is 17.9. The summed E-state index contributed by atoms with van der Waals surface area (Å²) in [6.45, 7) is 0. The number of ether oxygens (including phenoxy) is 1. The quantitative estimate of drug-likeness (QED) is 0.452. The third kappa shape index (κ3) is 3.47. The molecule has 2 nitrogen and oxygen atoms in total. The lowest BCUT2D eigenvalue weighted by atomic mass is 9.55. The first kappa shape index (κ1) is 19.2. The fourth-order valence-corrected chi connectivity index (χ4v) is 10.0. The molecule has 4 aliphatic carbocycles. The maximum atomic E-state index is 12.8. The molecule has 160 valence electrons. The van der Waals surface area contributed by atoms with Crippen LogP contribution in [0.1, 0.15) is 56.9 Å². The van der Waals surface area contributed by atoms with Crippen LogP contribution in [0.5, 0.6) is 0 Å². The van der Waals surface area contributed by atoms with Crippen LogP contribution < -0.4 is 0 Å². The van der Waals surface area contributed by atoms with Crippen molar-refractivity contribution in [2.24, 2.45) is 23.7 Å². The van der Waals surface area contributed by atoms with Crippen LogP contribution in [0.2, 0.25) is 0 Å². The fraction of sp³-hybridized carbons (Fsp3) is 0.593. The summed E-state index contributed by atoms with van der Waals surface area (Å²) in [7, 11) is 0.0165. The second-order valence-corrected chi connectivity index (χ2v) is 12.8. The molecule has 2 aromatic rings. The Bertz CT molecular complexity index is 917. The lowest BCUT2D eigenvalue weighted by molar-refractivity contribution is -0.170. The van der Waals surface area contributed by atoms with Crippen LogP contribution in [0, 0.1) is 23.7 Å².